The molecule has 2 nitrogen and oxygen atoms in total. The molecule has 0 aliphatic heterocycles. The Bertz CT molecular complexity index is 155. The maximum atomic E-state index is 10.8. The maximum Gasteiger partial charge on any atom is 0.306 e. The molecular weight excluding hydrogens is 172 g/mol. The molecule has 0 saturated heterocycles. The van der Waals surface area contributed by atoms with E-state index in [1.54, 1.807) is 11.8 Å². The lowest BCUT2D eigenvalue weighted by Gasteiger charge is -2.06. The van der Waals surface area contributed by atoms with Crippen LogP contribution in [0.4, 0.5) is 0 Å². The number of carbonyl (C=O) groups is 1. The molecule has 0 aromatic rings. The summed E-state index contributed by atoms with van der Waals surface area (Å²) < 4.78 is 4.56. The van der Waals surface area contributed by atoms with Crippen molar-refractivity contribution < 1.29 is 9.53 Å². The van der Waals surface area contributed by atoms with Gasteiger partial charge in [0.2, 0.25) is 0 Å². The highest BCUT2D eigenvalue weighted by Gasteiger charge is 2.07. The number of ether oxygens (including phenoxy) is 1. The molecule has 0 amide bonds. The minimum Gasteiger partial charge on any atom is -0.469 e. The van der Waals surface area contributed by atoms with E-state index >= 15 is 0 Å². The second-order valence-electron chi connectivity index (χ2n) is 2.49. The summed E-state index contributed by atoms with van der Waals surface area (Å²) in [6.07, 6.45) is 4.59. The van der Waals surface area contributed by atoms with Crippen LogP contribution in [0, 0.1) is 0 Å². The molecule has 1 unspecified atom stereocenters. The van der Waals surface area contributed by atoms with Gasteiger partial charge in [0.15, 0.2) is 0 Å². The number of carbonyl (C=O) groups excluding carboxylic acids is 1. The van der Waals surface area contributed by atoms with Crippen LogP contribution < -0.4 is 0 Å². The minimum atomic E-state index is -0.129. The zero-order valence-corrected chi connectivity index (χ0v) is 8.69. The molecule has 0 saturated carbocycles. The van der Waals surface area contributed by atoms with Crippen LogP contribution in [0.2, 0.25) is 0 Å². The topological polar surface area (TPSA) is 26.3 Å². The molecule has 70 valence electrons. The molecular formula is C9H16O2S. The van der Waals surface area contributed by atoms with Gasteiger partial charge in [-0.15, -0.1) is 0 Å². The van der Waals surface area contributed by atoms with E-state index < -0.39 is 0 Å². The highest BCUT2D eigenvalue weighted by molar-refractivity contribution is 8.00. The number of hydrogen-bond donors (Lipinski definition) is 0. The van der Waals surface area contributed by atoms with Gasteiger partial charge < -0.3 is 4.74 Å². The maximum absolute atomic E-state index is 10.8. The largest absolute Gasteiger partial charge is 0.469 e. The van der Waals surface area contributed by atoms with Gasteiger partial charge in [-0.05, 0) is 6.92 Å². The van der Waals surface area contributed by atoms with Crippen LogP contribution in [0.15, 0.2) is 12.2 Å². The number of thioether (sulfide) groups is 1. The smallest absolute Gasteiger partial charge is 0.306 e. The first-order valence-electron chi connectivity index (χ1n) is 4.00. The van der Waals surface area contributed by atoms with Gasteiger partial charge in [-0.2, -0.15) is 11.8 Å². The van der Waals surface area contributed by atoms with E-state index in [0.717, 1.165) is 5.75 Å². The third-order valence-corrected chi connectivity index (χ3v) is 2.52. The molecule has 0 bridgehead atoms. The van der Waals surface area contributed by atoms with Crippen molar-refractivity contribution in [3.63, 3.8) is 0 Å². The molecule has 0 aromatic carbocycles. The van der Waals surface area contributed by atoms with Crippen LogP contribution in [0.1, 0.15) is 20.3 Å². The van der Waals surface area contributed by atoms with E-state index in [-0.39, 0.29) is 5.97 Å². The van der Waals surface area contributed by atoms with Crippen LogP contribution in [-0.4, -0.2) is 24.1 Å². The Labute approximate surface area is 78.4 Å². The van der Waals surface area contributed by atoms with Crippen molar-refractivity contribution in [3.05, 3.63) is 12.2 Å². The summed E-state index contributed by atoms with van der Waals surface area (Å²) in [5.74, 6) is 0.838. The number of rotatable bonds is 5. The van der Waals surface area contributed by atoms with Gasteiger partial charge in [-0.3, -0.25) is 4.79 Å². The van der Waals surface area contributed by atoms with E-state index in [1.807, 2.05) is 19.9 Å². The molecule has 3 heteroatoms. The van der Waals surface area contributed by atoms with Crippen LogP contribution in [0.25, 0.3) is 0 Å². The summed E-state index contributed by atoms with van der Waals surface area (Å²) in [5, 5.41) is 0.341. The molecule has 0 N–H and O–H groups in total. The monoisotopic (exact) mass is 188 g/mol. The van der Waals surface area contributed by atoms with Crippen molar-refractivity contribution in [2.75, 3.05) is 12.9 Å². The normalized spacial score (nSPS) is 13.2. The van der Waals surface area contributed by atoms with Crippen LogP contribution in [0.5, 0.6) is 0 Å². The Balaban J connectivity index is 3.45. The standard InChI is InChI=1S/C9H16O2S/c1-4-5-6-12-8(2)7-9(10)11-3/h4-5,8H,6-7H2,1-3H3. The van der Waals surface area contributed by atoms with Crippen molar-refractivity contribution in [2.45, 2.75) is 25.5 Å². The average Bonchev–Trinajstić information content (AvgIpc) is 2.05. The number of hydrogen-bond acceptors (Lipinski definition) is 3. The average molecular weight is 188 g/mol. The first-order valence-corrected chi connectivity index (χ1v) is 5.05. The van der Waals surface area contributed by atoms with Crippen molar-refractivity contribution >= 4 is 17.7 Å². The Morgan fingerprint density at radius 2 is 2.33 bits per heavy atom. The highest BCUT2D eigenvalue weighted by atomic mass is 32.2. The third-order valence-electron chi connectivity index (χ3n) is 1.39. The van der Waals surface area contributed by atoms with Crippen LogP contribution in [-0.2, 0) is 9.53 Å². The molecule has 0 spiro atoms. The molecule has 0 heterocycles. The number of esters is 1. The van der Waals surface area contributed by atoms with Gasteiger partial charge >= 0.3 is 5.97 Å². The summed E-state index contributed by atoms with van der Waals surface area (Å²) in [4.78, 5) is 10.8. The minimum absolute atomic E-state index is 0.129. The molecule has 0 radical (unpaired) electrons. The second-order valence-corrected chi connectivity index (χ2v) is 3.96. The van der Waals surface area contributed by atoms with Crippen LogP contribution in [0.3, 0.4) is 0 Å². The first-order chi connectivity index (χ1) is 5.70. The van der Waals surface area contributed by atoms with E-state index in [2.05, 4.69) is 10.8 Å². The molecule has 0 rings (SSSR count). The molecule has 1 atom stereocenters. The fourth-order valence-corrected chi connectivity index (χ4v) is 1.58. The Kier molecular flexibility index (Phi) is 6.96. The van der Waals surface area contributed by atoms with Crippen molar-refractivity contribution in [3.8, 4) is 0 Å². The van der Waals surface area contributed by atoms with E-state index in [1.165, 1.54) is 7.11 Å². The quantitative estimate of drug-likeness (QED) is 0.489. The van der Waals surface area contributed by atoms with Gasteiger partial charge in [-0.1, -0.05) is 19.1 Å². The summed E-state index contributed by atoms with van der Waals surface area (Å²) in [5.41, 5.74) is 0. The Morgan fingerprint density at radius 3 is 2.83 bits per heavy atom. The third kappa shape index (κ3) is 6.28. The first kappa shape index (κ1) is 11.6. The number of allylic oxidation sites excluding steroid dienone is 1. The Morgan fingerprint density at radius 1 is 1.67 bits per heavy atom. The lowest BCUT2D eigenvalue weighted by atomic mass is 10.3. The molecule has 0 aromatic heterocycles. The van der Waals surface area contributed by atoms with Crippen LogP contribution >= 0.6 is 11.8 Å². The van der Waals surface area contributed by atoms with Gasteiger partial charge in [0.25, 0.3) is 0 Å². The predicted octanol–water partition coefficient (Wildman–Crippen LogP) is 2.25. The van der Waals surface area contributed by atoms with E-state index in [0.29, 0.717) is 11.7 Å². The summed E-state index contributed by atoms with van der Waals surface area (Å²) in [6, 6.07) is 0. The zero-order valence-electron chi connectivity index (χ0n) is 7.87. The second kappa shape index (κ2) is 7.22. The van der Waals surface area contributed by atoms with Gasteiger partial charge in [0.05, 0.1) is 13.5 Å². The fourth-order valence-electron chi connectivity index (χ4n) is 0.693. The number of methoxy groups -OCH3 is 1. The van der Waals surface area contributed by atoms with E-state index in [9.17, 15) is 4.79 Å². The van der Waals surface area contributed by atoms with Crippen molar-refractivity contribution in [2.24, 2.45) is 0 Å². The summed E-state index contributed by atoms with van der Waals surface area (Å²) in [7, 11) is 1.42. The molecule has 0 aliphatic carbocycles. The summed E-state index contributed by atoms with van der Waals surface area (Å²) >= 11 is 1.76. The lowest BCUT2D eigenvalue weighted by molar-refractivity contribution is -0.140. The fraction of sp³-hybridized carbons (Fsp3) is 0.667. The summed E-state index contributed by atoms with van der Waals surface area (Å²) in [6.45, 7) is 4.02. The van der Waals surface area contributed by atoms with Gasteiger partial charge in [0, 0.05) is 11.0 Å². The van der Waals surface area contributed by atoms with E-state index in [4.69, 9.17) is 0 Å². The lowest BCUT2D eigenvalue weighted by Crippen LogP contribution is -2.08. The zero-order chi connectivity index (χ0) is 9.40. The molecule has 0 fully saturated rings. The van der Waals surface area contributed by atoms with Crippen molar-refractivity contribution in [1.82, 2.24) is 0 Å². The highest BCUT2D eigenvalue weighted by Crippen LogP contribution is 2.14. The van der Waals surface area contributed by atoms with Crippen molar-refractivity contribution in [1.29, 1.82) is 0 Å². The molecule has 12 heavy (non-hydrogen) atoms. The molecule has 0 aliphatic rings. The van der Waals surface area contributed by atoms with Gasteiger partial charge in [-0.25, -0.2) is 0 Å². The Hall–Kier alpha value is -0.440. The van der Waals surface area contributed by atoms with Gasteiger partial charge in [0.1, 0.15) is 0 Å². The predicted molar refractivity (Wildman–Crippen MR) is 53.4 cm³/mol. The SMILES string of the molecule is CC=CCSC(C)CC(=O)OC.